The lowest BCUT2D eigenvalue weighted by Gasteiger charge is -2.36. The molecule has 4 rings (SSSR count). The SMILES string of the molecule is COc1cccc(C(OC(=O)C(OC)c2ccccc2)C2CCN(Cc3ccc(F)cc3)CC2)c1OC. The highest BCUT2D eigenvalue weighted by Crippen LogP contribution is 2.43. The summed E-state index contributed by atoms with van der Waals surface area (Å²) in [7, 11) is 4.69. The second-order valence-electron chi connectivity index (χ2n) is 9.21. The second kappa shape index (κ2) is 12.7. The molecular formula is C30H34FNO5. The van der Waals surface area contributed by atoms with Crippen molar-refractivity contribution in [3.63, 3.8) is 0 Å². The van der Waals surface area contributed by atoms with Gasteiger partial charge in [-0.05, 0) is 55.3 Å². The standard InChI is InChI=1S/C30H34FNO5/c1-34-26-11-7-10-25(29(26)36-3)27(37-30(33)28(35-2)22-8-5-4-6-9-22)23-16-18-32(19-17-23)20-21-12-14-24(31)15-13-21/h4-15,23,27-28H,16-20H2,1-3H3. The molecule has 1 fully saturated rings. The fourth-order valence-corrected chi connectivity index (χ4v) is 4.99. The maximum absolute atomic E-state index is 13.4. The van der Waals surface area contributed by atoms with Gasteiger partial charge in [0.25, 0.3) is 0 Å². The minimum atomic E-state index is -0.834. The minimum absolute atomic E-state index is 0.0719. The number of carbonyl (C=O) groups excluding carboxylic acids is 1. The fraction of sp³-hybridized carbons (Fsp3) is 0.367. The number of hydrogen-bond acceptors (Lipinski definition) is 6. The van der Waals surface area contributed by atoms with Crippen molar-refractivity contribution >= 4 is 5.97 Å². The monoisotopic (exact) mass is 507 g/mol. The molecule has 6 nitrogen and oxygen atoms in total. The van der Waals surface area contributed by atoms with Crippen LogP contribution in [-0.2, 0) is 20.8 Å². The zero-order valence-corrected chi connectivity index (χ0v) is 21.6. The van der Waals surface area contributed by atoms with E-state index >= 15 is 0 Å². The van der Waals surface area contributed by atoms with Crippen LogP contribution in [0, 0.1) is 11.7 Å². The number of ether oxygens (including phenoxy) is 4. The number of rotatable bonds is 10. The normalized spacial score (nSPS) is 16.1. The molecule has 1 aliphatic rings. The molecule has 0 saturated carbocycles. The molecule has 0 amide bonds. The Bertz CT molecular complexity index is 1150. The van der Waals surface area contributed by atoms with E-state index in [1.54, 1.807) is 14.2 Å². The summed E-state index contributed by atoms with van der Waals surface area (Å²) in [5.74, 6) is 0.538. The van der Waals surface area contributed by atoms with Gasteiger partial charge in [-0.2, -0.15) is 0 Å². The van der Waals surface area contributed by atoms with Gasteiger partial charge in [0.2, 0.25) is 0 Å². The smallest absolute Gasteiger partial charge is 0.340 e. The van der Waals surface area contributed by atoms with Gasteiger partial charge in [0.05, 0.1) is 14.2 Å². The second-order valence-corrected chi connectivity index (χ2v) is 9.21. The van der Waals surface area contributed by atoms with Crippen LogP contribution in [0.15, 0.2) is 72.8 Å². The Morgan fingerprint density at radius 2 is 1.62 bits per heavy atom. The van der Waals surface area contributed by atoms with Crippen molar-refractivity contribution < 1.29 is 28.1 Å². The lowest BCUT2D eigenvalue weighted by molar-refractivity contribution is -0.166. The first-order chi connectivity index (χ1) is 18.0. The molecule has 0 aliphatic carbocycles. The van der Waals surface area contributed by atoms with Gasteiger partial charge in [0.1, 0.15) is 11.9 Å². The quantitative estimate of drug-likeness (QED) is 0.327. The van der Waals surface area contributed by atoms with Crippen LogP contribution < -0.4 is 9.47 Å². The molecule has 196 valence electrons. The first-order valence-electron chi connectivity index (χ1n) is 12.5. The van der Waals surface area contributed by atoms with E-state index in [1.165, 1.54) is 19.2 Å². The maximum Gasteiger partial charge on any atom is 0.340 e. The number of benzene rings is 3. The van der Waals surface area contributed by atoms with E-state index in [2.05, 4.69) is 4.90 Å². The molecule has 1 saturated heterocycles. The van der Waals surface area contributed by atoms with Gasteiger partial charge in [-0.3, -0.25) is 4.90 Å². The summed E-state index contributed by atoms with van der Waals surface area (Å²) >= 11 is 0. The first-order valence-corrected chi connectivity index (χ1v) is 12.5. The molecule has 0 radical (unpaired) electrons. The third kappa shape index (κ3) is 6.48. The molecule has 1 heterocycles. The van der Waals surface area contributed by atoms with Crippen LogP contribution in [-0.4, -0.2) is 45.3 Å². The summed E-state index contributed by atoms with van der Waals surface area (Å²) < 4.78 is 36.3. The molecule has 7 heteroatoms. The van der Waals surface area contributed by atoms with E-state index < -0.39 is 18.2 Å². The molecule has 37 heavy (non-hydrogen) atoms. The van der Waals surface area contributed by atoms with Gasteiger partial charge in [-0.25, -0.2) is 9.18 Å². The van der Waals surface area contributed by atoms with Crippen molar-refractivity contribution in [1.82, 2.24) is 4.90 Å². The average Bonchev–Trinajstić information content (AvgIpc) is 2.94. The number of para-hydroxylation sites is 1. The average molecular weight is 508 g/mol. The zero-order valence-electron chi connectivity index (χ0n) is 21.6. The molecule has 1 aliphatic heterocycles. The van der Waals surface area contributed by atoms with E-state index in [1.807, 2.05) is 60.7 Å². The summed E-state index contributed by atoms with van der Waals surface area (Å²) in [5.41, 5.74) is 2.58. The van der Waals surface area contributed by atoms with E-state index in [4.69, 9.17) is 18.9 Å². The van der Waals surface area contributed by atoms with Crippen LogP contribution in [0.1, 0.15) is 41.7 Å². The van der Waals surface area contributed by atoms with E-state index in [0.717, 1.165) is 49.2 Å². The number of esters is 1. The van der Waals surface area contributed by atoms with Crippen molar-refractivity contribution in [2.45, 2.75) is 31.6 Å². The molecule has 3 aromatic rings. The van der Waals surface area contributed by atoms with Gasteiger partial charge in [-0.15, -0.1) is 0 Å². The van der Waals surface area contributed by atoms with Gasteiger partial charge >= 0.3 is 5.97 Å². The van der Waals surface area contributed by atoms with E-state index in [-0.39, 0.29) is 11.7 Å². The predicted octanol–water partition coefficient (Wildman–Crippen LogP) is 5.73. The van der Waals surface area contributed by atoms with Gasteiger partial charge < -0.3 is 18.9 Å². The van der Waals surface area contributed by atoms with Gasteiger partial charge in [-0.1, -0.05) is 54.6 Å². The third-order valence-corrected chi connectivity index (χ3v) is 6.91. The van der Waals surface area contributed by atoms with Crippen molar-refractivity contribution in [3.05, 3.63) is 95.3 Å². The van der Waals surface area contributed by atoms with Crippen LogP contribution in [0.2, 0.25) is 0 Å². The first kappa shape index (κ1) is 26.6. The maximum atomic E-state index is 13.4. The van der Waals surface area contributed by atoms with Crippen LogP contribution in [0.25, 0.3) is 0 Å². The molecule has 2 atom stereocenters. The largest absolute Gasteiger partial charge is 0.493 e. The molecular weight excluding hydrogens is 473 g/mol. The molecule has 0 aromatic heterocycles. The number of hydrogen-bond donors (Lipinski definition) is 0. The minimum Gasteiger partial charge on any atom is -0.493 e. The number of piperidine rings is 1. The summed E-state index contributed by atoms with van der Waals surface area (Å²) in [6, 6.07) is 21.6. The van der Waals surface area contributed by atoms with Crippen molar-refractivity contribution in [3.8, 4) is 11.5 Å². The Labute approximate surface area is 217 Å². The Hall–Kier alpha value is -3.42. The highest BCUT2D eigenvalue weighted by molar-refractivity contribution is 5.77. The molecule has 0 spiro atoms. The van der Waals surface area contributed by atoms with E-state index in [0.29, 0.717) is 11.5 Å². The van der Waals surface area contributed by atoms with Gasteiger partial charge in [0.15, 0.2) is 17.6 Å². The molecule has 0 bridgehead atoms. The van der Waals surface area contributed by atoms with Crippen molar-refractivity contribution in [1.29, 1.82) is 0 Å². The zero-order chi connectivity index (χ0) is 26.2. The number of likely N-dealkylation sites (tertiary alicyclic amines) is 1. The number of carbonyl (C=O) groups is 1. The summed E-state index contributed by atoms with van der Waals surface area (Å²) in [5, 5.41) is 0. The van der Waals surface area contributed by atoms with Crippen molar-refractivity contribution in [2.24, 2.45) is 5.92 Å². The Kier molecular flexibility index (Phi) is 9.14. The molecule has 2 unspecified atom stereocenters. The Morgan fingerprint density at radius 3 is 2.24 bits per heavy atom. The van der Waals surface area contributed by atoms with Crippen LogP contribution in [0.5, 0.6) is 11.5 Å². The lowest BCUT2D eigenvalue weighted by Crippen LogP contribution is -2.36. The van der Waals surface area contributed by atoms with Crippen molar-refractivity contribution in [2.75, 3.05) is 34.4 Å². The highest BCUT2D eigenvalue weighted by Gasteiger charge is 2.35. The number of nitrogens with zero attached hydrogens (tertiary/aromatic N) is 1. The number of halogens is 1. The third-order valence-electron chi connectivity index (χ3n) is 6.91. The summed E-state index contributed by atoms with van der Waals surface area (Å²) in [6.45, 7) is 2.41. The molecule has 0 N–H and O–H groups in total. The number of methoxy groups -OCH3 is 3. The summed E-state index contributed by atoms with van der Waals surface area (Å²) in [6.07, 6.45) is 0.274. The van der Waals surface area contributed by atoms with Crippen LogP contribution >= 0.6 is 0 Å². The Morgan fingerprint density at radius 1 is 0.919 bits per heavy atom. The highest BCUT2D eigenvalue weighted by atomic mass is 19.1. The summed E-state index contributed by atoms with van der Waals surface area (Å²) in [4.78, 5) is 15.8. The topological polar surface area (TPSA) is 57.2 Å². The van der Waals surface area contributed by atoms with Crippen LogP contribution in [0.3, 0.4) is 0 Å². The van der Waals surface area contributed by atoms with Gasteiger partial charge in [0, 0.05) is 25.1 Å². The lowest BCUT2D eigenvalue weighted by atomic mass is 9.86. The Balaban J connectivity index is 1.56. The predicted molar refractivity (Wildman–Crippen MR) is 139 cm³/mol. The fourth-order valence-electron chi connectivity index (χ4n) is 4.99. The molecule has 3 aromatic carbocycles. The van der Waals surface area contributed by atoms with Crippen LogP contribution in [0.4, 0.5) is 4.39 Å². The van der Waals surface area contributed by atoms with E-state index in [9.17, 15) is 9.18 Å².